The zero-order valence-electron chi connectivity index (χ0n) is 20.3. The highest BCUT2D eigenvalue weighted by molar-refractivity contribution is 7.92. The van der Waals surface area contributed by atoms with E-state index in [4.69, 9.17) is 9.47 Å². The summed E-state index contributed by atoms with van der Waals surface area (Å²) in [5.41, 5.74) is 3.20. The van der Waals surface area contributed by atoms with Crippen LogP contribution in [0.4, 0.5) is 10.1 Å². The Labute approximate surface area is 205 Å². The van der Waals surface area contributed by atoms with Crippen LogP contribution in [0.3, 0.4) is 0 Å². The number of sulfonamides is 1. The second kappa shape index (κ2) is 10.8. The number of carbonyl (C=O) groups excluding carboxylic acids is 1. The second-order valence-corrected chi connectivity index (χ2v) is 10.0. The first-order chi connectivity index (χ1) is 16.6. The van der Waals surface area contributed by atoms with E-state index >= 15 is 0 Å². The van der Waals surface area contributed by atoms with Gasteiger partial charge in [-0.25, -0.2) is 12.8 Å². The molecule has 0 aliphatic carbocycles. The topological polar surface area (TPSA) is 84.9 Å². The molecule has 0 saturated carbocycles. The number of ether oxygens (including phenoxy) is 2. The predicted octanol–water partition coefficient (Wildman–Crippen LogP) is 4.53. The molecule has 3 rings (SSSR count). The number of amides is 1. The van der Waals surface area contributed by atoms with E-state index in [1.54, 1.807) is 0 Å². The molecule has 35 heavy (non-hydrogen) atoms. The number of benzene rings is 3. The van der Waals surface area contributed by atoms with Crippen LogP contribution in [0.15, 0.2) is 65.6 Å². The molecule has 0 heterocycles. The lowest BCUT2D eigenvalue weighted by atomic mass is 10.0. The maximum atomic E-state index is 13.6. The maximum Gasteiger partial charge on any atom is 0.264 e. The molecule has 1 atom stereocenters. The molecule has 0 fully saturated rings. The van der Waals surface area contributed by atoms with Gasteiger partial charge >= 0.3 is 0 Å². The lowest BCUT2D eigenvalue weighted by Gasteiger charge is -2.26. The molecule has 9 heteroatoms. The molecule has 1 unspecified atom stereocenters. The number of nitrogens with one attached hydrogen (secondary N) is 1. The summed E-state index contributed by atoms with van der Waals surface area (Å²) in [6, 6.07) is 14.6. The molecule has 0 aliphatic rings. The van der Waals surface area contributed by atoms with Gasteiger partial charge in [0, 0.05) is 6.07 Å². The number of nitrogens with zero attached hydrogens (tertiary/aromatic N) is 1. The SMILES string of the molecule is COc1ccc(S(=O)(=O)N(CC(=O)NC(C)c2ccc(C)cc2C)c2ccc(F)cc2)cc1OC. The number of anilines is 1. The summed E-state index contributed by atoms with van der Waals surface area (Å²) >= 11 is 0. The van der Waals surface area contributed by atoms with E-state index in [1.165, 1.54) is 44.6 Å². The van der Waals surface area contributed by atoms with E-state index in [0.717, 1.165) is 33.1 Å². The zero-order valence-corrected chi connectivity index (χ0v) is 21.1. The van der Waals surface area contributed by atoms with Crippen molar-refractivity contribution < 1.29 is 27.1 Å². The van der Waals surface area contributed by atoms with Crippen LogP contribution in [0, 0.1) is 19.7 Å². The van der Waals surface area contributed by atoms with Crippen LogP contribution in [-0.4, -0.2) is 35.1 Å². The summed E-state index contributed by atoms with van der Waals surface area (Å²) in [6.45, 7) is 5.27. The molecule has 0 aromatic heterocycles. The predicted molar refractivity (Wildman–Crippen MR) is 133 cm³/mol. The molecular weight excluding hydrogens is 471 g/mol. The number of methoxy groups -OCH3 is 2. The monoisotopic (exact) mass is 500 g/mol. The number of aryl methyl sites for hydroxylation is 2. The summed E-state index contributed by atoms with van der Waals surface area (Å²) in [4.78, 5) is 12.9. The molecule has 0 spiro atoms. The van der Waals surface area contributed by atoms with Gasteiger partial charge in [-0.2, -0.15) is 0 Å². The maximum absolute atomic E-state index is 13.6. The van der Waals surface area contributed by atoms with E-state index in [9.17, 15) is 17.6 Å². The van der Waals surface area contributed by atoms with Crippen LogP contribution in [0.25, 0.3) is 0 Å². The molecule has 1 amide bonds. The van der Waals surface area contributed by atoms with E-state index in [-0.39, 0.29) is 22.4 Å². The van der Waals surface area contributed by atoms with Crippen LogP contribution < -0.4 is 19.1 Å². The molecular formula is C26H29FN2O5S. The van der Waals surface area contributed by atoms with Crippen molar-refractivity contribution in [2.24, 2.45) is 0 Å². The first-order valence-electron chi connectivity index (χ1n) is 10.9. The third-order valence-corrected chi connectivity index (χ3v) is 7.38. The minimum absolute atomic E-state index is 0.102. The van der Waals surface area contributed by atoms with E-state index in [1.807, 2.05) is 39.0 Å². The average Bonchev–Trinajstić information content (AvgIpc) is 2.82. The number of rotatable bonds is 9. The van der Waals surface area contributed by atoms with Gasteiger partial charge in [0.15, 0.2) is 11.5 Å². The first-order valence-corrected chi connectivity index (χ1v) is 12.4. The van der Waals surface area contributed by atoms with Crippen molar-refractivity contribution >= 4 is 21.6 Å². The average molecular weight is 501 g/mol. The minimum Gasteiger partial charge on any atom is -0.493 e. The fourth-order valence-electron chi connectivity index (χ4n) is 3.83. The Hall–Kier alpha value is -3.59. The molecule has 3 aromatic carbocycles. The zero-order chi connectivity index (χ0) is 25.8. The normalized spacial score (nSPS) is 12.1. The molecule has 0 bridgehead atoms. The Morgan fingerprint density at radius 2 is 1.63 bits per heavy atom. The van der Waals surface area contributed by atoms with Gasteiger partial charge < -0.3 is 14.8 Å². The summed E-state index contributed by atoms with van der Waals surface area (Å²) < 4.78 is 52.2. The summed E-state index contributed by atoms with van der Waals surface area (Å²) in [5, 5.41) is 2.87. The number of hydrogen-bond acceptors (Lipinski definition) is 5. The highest BCUT2D eigenvalue weighted by atomic mass is 32.2. The van der Waals surface area contributed by atoms with E-state index in [0.29, 0.717) is 5.75 Å². The van der Waals surface area contributed by atoms with E-state index in [2.05, 4.69) is 5.32 Å². The Morgan fingerprint density at radius 3 is 2.23 bits per heavy atom. The fraction of sp³-hybridized carbons (Fsp3) is 0.269. The van der Waals surface area contributed by atoms with Gasteiger partial charge in [0.25, 0.3) is 10.0 Å². The highest BCUT2D eigenvalue weighted by Gasteiger charge is 2.29. The van der Waals surface area contributed by atoms with Crippen LogP contribution >= 0.6 is 0 Å². The van der Waals surface area contributed by atoms with Crippen molar-refractivity contribution in [2.75, 3.05) is 25.1 Å². The summed E-state index contributed by atoms with van der Waals surface area (Å²) in [6.07, 6.45) is 0. The molecule has 0 aliphatic heterocycles. The Bertz CT molecular complexity index is 1310. The van der Waals surface area contributed by atoms with Crippen molar-refractivity contribution in [2.45, 2.75) is 31.7 Å². The van der Waals surface area contributed by atoms with Crippen LogP contribution in [0.2, 0.25) is 0 Å². The molecule has 7 nitrogen and oxygen atoms in total. The lowest BCUT2D eigenvalue weighted by molar-refractivity contribution is -0.120. The number of carbonyl (C=O) groups is 1. The quantitative estimate of drug-likeness (QED) is 0.467. The number of halogens is 1. The third kappa shape index (κ3) is 5.92. The Kier molecular flexibility index (Phi) is 8.01. The minimum atomic E-state index is -4.22. The van der Waals surface area contributed by atoms with Crippen LogP contribution in [0.1, 0.15) is 29.7 Å². The van der Waals surface area contributed by atoms with Crippen LogP contribution in [0.5, 0.6) is 11.5 Å². The standard InChI is InChI=1S/C26H29FN2O5S/c1-17-6-12-23(18(2)14-17)19(3)28-26(30)16-29(21-9-7-20(27)8-10-21)35(31,32)22-11-13-24(33-4)25(15-22)34-5/h6-15,19H,16H2,1-5H3,(H,28,30). The highest BCUT2D eigenvalue weighted by Crippen LogP contribution is 2.32. The van der Waals surface area contributed by atoms with Gasteiger partial charge in [0.2, 0.25) is 5.91 Å². The van der Waals surface area contributed by atoms with Gasteiger partial charge in [-0.15, -0.1) is 0 Å². The summed E-state index contributed by atoms with van der Waals surface area (Å²) in [7, 11) is -1.38. The first kappa shape index (κ1) is 26.0. The van der Waals surface area contributed by atoms with Gasteiger partial charge in [0.1, 0.15) is 12.4 Å². The Morgan fingerprint density at radius 1 is 0.971 bits per heavy atom. The van der Waals surface area contributed by atoms with Gasteiger partial charge in [-0.3, -0.25) is 9.10 Å². The smallest absolute Gasteiger partial charge is 0.264 e. The van der Waals surface area contributed by atoms with Crippen molar-refractivity contribution in [3.63, 3.8) is 0 Å². The van der Waals surface area contributed by atoms with Crippen LogP contribution in [-0.2, 0) is 14.8 Å². The van der Waals surface area contributed by atoms with Gasteiger partial charge in [-0.1, -0.05) is 23.8 Å². The van der Waals surface area contributed by atoms with E-state index < -0.39 is 28.3 Å². The van der Waals surface area contributed by atoms with Crippen molar-refractivity contribution in [1.29, 1.82) is 0 Å². The molecule has 3 aromatic rings. The third-order valence-electron chi connectivity index (χ3n) is 5.61. The molecule has 0 saturated heterocycles. The van der Waals surface area contributed by atoms with Crippen molar-refractivity contribution in [1.82, 2.24) is 5.32 Å². The second-order valence-electron chi connectivity index (χ2n) is 8.15. The largest absolute Gasteiger partial charge is 0.493 e. The summed E-state index contributed by atoms with van der Waals surface area (Å²) in [5.74, 6) is -0.448. The molecule has 186 valence electrons. The molecule has 1 N–H and O–H groups in total. The lowest BCUT2D eigenvalue weighted by Crippen LogP contribution is -2.41. The van der Waals surface area contributed by atoms with Crippen molar-refractivity contribution in [3.8, 4) is 11.5 Å². The van der Waals surface area contributed by atoms with Gasteiger partial charge in [0.05, 0.1) is 30.8 Å². The fourth-order valence-corrected chi connectivity index (χ4v) is 5.27. The number of hydrogen-bond donors (Lipinski definition) is 1. The molecule has 0 radical (unpaired) electrons. The Balaban J connectivity index is 1.94. The van der Waals surface area contributed by atoms with Crippen molar-refractivity contribution in [3.05, 3.63) is 83.2 Å². The van der Waals surface area contributed by atoms with Gasteiger partial charge in [-0.05, 0) is 68.3 Å².